The van der Waals surface area contributed by atoms with Crippen molar-refractivity contribution in [3.8, 4) is 5.75 Å². The van der Waals surface area contributed by atoms with E-state index in [1.807, 2.05) is 10.9 Å². The number of nitrogens with zero attached hydrogens (tertiary/aromatic N) is 2. The van der Waals surface area contributed by atoms with E-state index in [0.29, 0.717) is 12.1 Å². The molecule has 6 nitrogen and oxygen atoms in total. The van der Waals surface area contributed by atoms with Gasteiger partial charge in [-0.05, 0) is 13.0 Å². The van der Waals surface area contributed by atoms with Crippen LogP contribution in [0.2, 0.25) is 0 Å². The van der Waals surface area contributed by atoms with Crippen LogP contribution in [0, 0.1) is 0 Å². The van der Waals surface area contributed by atoms with Crippen LogP contribution < -0.4 is 0 Å². The van der Waals surface area contributed by atoms with Crippen molar-refractivity contribution in [3.63, 3.8) is 0 Å². The fourth-order valence-corrected chi connectivity index (χ4v) is 3.66. The number of methoxy groups -OCH3 is 1. The summed E-state index contributed by atoms with van der Waals surface area (Å²) >= 11 is 0. The van der Waals surface area contributed by atoms with Crippen molar-refractivity contribution >= 4 is 16.9 Å². The molecule has 110 valence electrons. The number of carbonyl (C=O) groups is 1. The van der Waals surface area contributed by atoms with E-state index in [1.165, 1.54) is 13.2 Å². The normalized spacial score (nSPS) is 30.4. The standard InChI is InChI=1S/C15H16N2O4/c1-14-6-15(7-14,8-21-14)17-5-9-3-10(13(19)20-2)12(18)4-11(9)16-17/h3-5,18H,6-8H2,1-2H3. The fraction of sp³-hybridized carbons (Fsp3) is 0.467. The van der Waals surface area contributed by atoms with E-state index < -0.39 is 5.97 Å². The number of fused-ring (bicyclic) bond motifs is 2. The van der Waals surface area contributed by atoms with Crippen LogP contribution in [0.4, 0.5) is 0 Å². The van der Waals surface area contributed by atoms with Gasteiger partial charge in [-0.1, -0.05) is 0 Å². The Morgan fingerprint density at radius 1 is 1.48 bits per heavy atom. The molecule has 1 aromatic carbocycles. The van der Waals surface area contributed by atoms with Gasteiger partial charge in [0, 0.05) is 30.5 Å². The summed E-state index contributed by atoms with van der Waals surface area (Å²) in [6, 6.07) is 3.12. The molecule has 1 N–H and O–H groups in total. The summed E-state index contributed by atoms with van der Waals surface area (Å²) in [5.74, 6) is -0.668. The zero-order valence-electron chi connectivity index (χ0n) is 11.9. The number of phenolic OH excluding ortho intramolecular Hbond substituents is 1. The van der Waals surface area contributed by atoms with E-state index >= 15 is 0 Å². The van der Waals surface area contributed by atoms with Crippen LogP contribution in [0.3, 0.4) is 0 Å². The zero-order valence-corrected chi connectivity index (χ0v) is 11.9. The van der Waals surface area contributed by atoms with Crippen LogP contribution in [0.15, 0.2) is 18.3 Å². The lowest BCUT2D eigenvalue weighted by Gasteiger charge is -2.42. The van der Waals surface area contributed by atoms with Crippen molar-refractivity contribution in [3.05, 3.63) is 23.9 Å². The van der Waals surface area contributed by atoms with Gasteiger partial charge in [0.2, 0.25) is 0 Å². The van der Waals surface area contributed by atoms with E-state index in [9.17, 15) is 9.90 Å². The smallest absolute Gasteiger partial charge is 0.341 e. The van der Waals surface area contributed by atoms with E-state index in [4.69, 9.17) is 4.74 Å². The van der Waals surface area contributed by atoms with E-state index in [0.717, 1.165) is 18.2 Å². The van der Waals surface area contributed by atoms with Crippen molar-refractivity contribution in [2.24, 2.45) is 0 Å². The van der Waals surface area contributed by atoms with E-state index in [1.54, 1.807) is 6.07 Å². The highest BCUT2D eigenvalue weighted by Crippen LogP contribution is 2.55. The molecule has 0 radical (unpaired) electrons. The first-order valence-corrected chi connectivity index (χ1v) is 6.90. The number of hydrogen-bond donors (Lipinski definition) is 1. The quantitative estimate of drug-likeness (QED) is 0.853. The molecule has 1 aromatic heterocycles. The maximum atomic E-state index is 11.6. The van der Waals surface area contributed by atoms with Crippen LogP contribution in [0.1, 0.15) is 30.1 Å². The highest BCUT2D eigenvalue weighted by molar-refractivity contribution is 5.97. The number of esters is 1. The molecule has 0 unspecified atom stereocenters. The number of rotatable bonds is 2. The van der Waals surface area contributed by atoms with Gasteiger partial charge < -0.3 is 14.6 Å². The molecule has 1 aliphatic carbocycles. The van der Waals surface area contributed by atoms with Crippen molar-refractivity contribution in [1.82, 2.24) is 9.78 Å². The Morgan fingerprint density at radius 2 is 2.24 bits per heavy atom. The molecule has 3 aliphatic rings. The predicted molar refractivity (Wildman–Crippen MR) is 74.3 cm³/mol. The van der Waals surface area contributed by atoms with Gasteiger partial charge in [0.15, 0.2) is 0 Å². The maximum Gasteiger partial charge on any atom is 0.341 e. The van der Waals surface area contributed by atoms with Gasteiger partial charge in [0.1, 0.15) is 11.3 Å². The van der Waals surface area contributed by atoms with E-state index in [2.05, 4.69) is 16.8 Å². The van der Waals surface area contributed by atoms with Crippen molar-refractivity contribution in [2.75, 3.05) is 13.7 Å². The molecule has 0 spiro atoms. The average Bonchev–Trinajstić information content (AvgIpc) is 3.06. The number of ether oxygens (including phenoxy) is 2. The summed E-state index contributed by atoms with van der Waals surface area (Å²) < 4.78 is 12.4. The molecule has 3 heterocycles. The molecule has 1 saturated carbocycles. The second kappa shape index (κ2) is 3.76. The molecule has 2 aromatic rings. The van der Waals surface area contributed by atoms with Gasteiger partial charge in [-0.15, -0.1) is 0 Å². The summed E-state index contributed by atoms with van der Waals surface area (Å²) in [6.45, 7) is 2.77. The molecule has 2 saturated heterocycles. The lowest BCUT2D eigenvalue weighted by atomic mass is 9.69. The minimum atomic E-state index is -0.555. The van der Waals surface area contributed by atoms with Crippen LogP contribution in [0.5, 0.6) is 5.75 Å². The fourth-order valence-electron chi connectivity index (χ4n) is 3.66. The summed E-state index contributed by atoms with van der Waals surface area (Å²) in [5.41, 5.74) is 0.727. The Morgan fingerprint density at radius 3 is 2.86 bits per heavy atom. The Kier molecular flexibility index (Phi) is 2.27. The third kappa shape index (κ3) is 1.62. The number of aromatic hydroxyl groups is 1. The molecule has 0 atom stereocenters. The third-order valence-corrected chi connectivity index (χ3v) is 4.61. The second-order valence-electron chi connectivity index (χ2n) is 6.31. The highest BCUT2D eigenvalue weighted by Gasteiger charge is 2.61. The maximum absolute atomic E-state index is 11.6. The topological polar surface area (TPSA) is 73.6 Å². The molecule has 2 aliphatic heterocycles. The summed E-state index contributed by atoms with van der Waals surface area (Å²) in [6.07, 6.45) is 3.81. The number of benzene rings is 1. The Hall–Kier alpha value is -2.08. The minimum Gasteiger partial charge on any atom is -0.507 e. The van der Waals surface area contributed by atoms with Gasteiger partial charge in [0.05, 0.1) is 30.4 Å². The largest absolute Gasteiger partial charge is 0.507 e. The summed E-state index contributed by atoms with van der Waals surface area (Å²) in [5, 5.41) is 15.3. The average molecular weight is 288 g/mol. The highest BCUT2D eigenvalue weighted by atomic mass is 16.5. The van der Waals surface area contributed by atoms with Crippen molar-refractivity contribution < 1.29 is 19.4 Å². The van der Waals surface area contributed by atoms with Crippen LogP contribution in [0.25, 0.3) is 10.9 Å². The van der Waals surface area contributed by atoms with Gasteiger partial charge in [-0.3, -0.25) is 4.68 Å². The van der Waals surface area contributed by atoms with Gasteiger partial charge in [-0.2, -0.15) is 5.10 Å². The molecule has 6 heteroatoms. The molecule has 0 amide bonds. The molecule has 3 fully saturated rings. The second-order valence-corrected chi connectivity index (χ2v) is 6.31. The van der Waals surface area contributed by atoms with Crippen molar-refractivity contribution in [1.29, 1.82) is 0 Å². The van der Waals surface area contributed by atoms with Gasteiger partial charge >= 0.3 is 5.97 Å². The first-order chi connectivity index (χ1) is 9.95. The lowest BCUT2D eigenvalue weighted by Crippen LogP contribution is -2.49. The van der Waals surface area contributed by atoms with Crippen LogP contribution in [-0.2, 0) is 15.0 Å². The lowest BCUT2D eigenvalue weighted by molar-refractivity contribution is 0.00383. The van der Waals surface area contributed by atoms with Crippen LogP contribution >= 0.6 is 0 Å². The summed E-state index contributed by atoms with van der Waals surface area (Å²) in [7, 11) is 1.29. The first kappa shape index (κ1) is 12.6. The number of hydrogen-bond acceptors (Lipinski definition) is 5. The molecule has 2 bridgehead atoms. The molecule has 21 heavy (non-hydrogen) atoms. The van der Waals surface area contributed by atoms with Gasteiger partial charge in [0.25, 0.3) is 0 Å². The van der Waals surface area contributed by atoms with Gasteiger partial charge in [-0.25, -0.2) is 4.79 Å². The SMILES string of the molecule is COC(=O)c1cc2cn(C34COC(C)(C3)C4)nc2cc1O. The number of phenols is 1. The Labute approximate surface area is 121 Å². The van der Waals surface area contributed by atoms with Crippen LogP contribution in [-0.4, -0.2) is 40.2 Å². The molecule has 5 rings (SSSR count). The number of carbonyl (C=O) groups excluding carboxylic acids is 1. The summed E-state index contributed by atoms with van der Waals surface area (Å²) in [4.78, 5) is 11.6. The third-order valence-electron chi connectivity index (χ3n) is 4.61. The Bertz CT molecular complexity index is 758. The number of aromatic nitrogens is 2. The first-order valence-electron chi connectivity index (χ1n) is 6.90. The van der Waals surface area contributed by atoms with Crippen molar-refractivity contribution in [2.45, 2.75) is 30.9 Å². The minimum absolute atomic E-state index is 0.0164. The molecular formula is C15H16N2O4. The Balaban J connectivity index is 1.79. The predicted octanol–water partition coefficient (Wildman–Crippen LogP) is 1.81. The molecular weight excluding hydrogens is 272 g/mol. The zero-order chi connectivity index (χ0) is 14.8. The van der Waals surface area contributed by atoms with E-state index in [-0.39, 0.29) is 22.5 Å². The monoisotopic (exact) mass is 288 g/mol.